The lowest BCUT2D eigenvalue weighted by Crippen LogP contribution is -2.44. The average Bonchev–Trinajstić information content (AvgIpc) is 2.27. The molecule has 0 aromatic rings. The van der Waals surface area contributed by atoms with Gasteiger partial charge in [-0.05, 0) is 32.4 Å². The van der Waals surface area contributed by atoms with Crippen molar-refractivity contribution in [1.29, 1.82) is 0 Å². The molecule has 1 N–H and O–H groups in total. The van der Waals surface area contributed by atoms with Crippen LogP contribution in [0.2, 0.25) is 0 Å². The van der Waals surface area contributed by atoms with Gasteiger partial charge in [-0.3, -0.25) is 0 Å². The van der Waals surface area contributed by atoms with E-state index in [1.54, 1.807) is 0 Å². The predicted molar refractivity (Wildman–Crippen MR) is 75.4 cm³/mol. The minimum atomic E-state index is 0. The summed E-state index contributed by atoms with van der Waals surface area (Å²) in [6.07, 6.45) is 4.87. The van der Waals surface area contributed by atoms with E-state index in [1.165, 1.54) is 52.0 Å². The molecule has 1 rings (SSSR count). The van der Waals surface area contributed by atoms with Gasteiger partial charge in [-0.2, -0.15) is 0 Å². The first-order chi connectivity index (χ1) is 7.72. The van der Waals surface area contributed by atoms with Gasteiger partial charge < -0.3 is 14.9 Å². The van der Waals surface area contributed by atoms with Crippen LogP contribution in [-0.2, 0) is 0 Å². The van der Waals surface area contributed by atoms with Crippen LogP contribution < -0.4 is 0 Å². The van der Waals surface area contributed by atoms with Crippen LogP contribution in [0.15, 0.2) is 0 Å². The van der Waals surface area contributed by atoms with Gasteiger partial charge in [0.2, 0.25) is 0 Å². The highest BCUT2D eigenvalue weighted by molar-refractivity contribution is 4.69. The van der Waals surface area contributed by atoms with Crippen molar-refractivity contribution in [2.75, 3.05) is 46.4 Å². The molecule has 3 heteroatoms. The van der Waals surface area contributed by atoms with E-state index in [9.17, 15) is 0 Å². The maximum Gasteiger partial charge on any atom is 0.0433 e. The average molecular weight is 244 g/mol. The normalized spacial score (nSPS) is 19.9. The van der Waals surface area contributed by atoms with Gasteiger partial charge in [0.1, 0.15) is 0 Å². The minimum absolute atomic E-state index is 0. The van der Waals surface area contributed by atoms with Crippen molar-refractivity contribution in [3.8, 4) is 0 Å². The quantitative estimate of drug-likeness (QED) is 0.695. The van der Waals surface area contributed by atoms with Crippen LogP contribution in [-0.4, -0.2) is 61.3 Å². The molecule has 1 unspecified atom stereocenters. The van der Waals surface area contributed by atoms with Crippen molar-refractivity contribution in [2.45, 2.75) is 40.0 Å². The van der Waals surface area contributed by atoms with Gasteiger partial charge >= 0.3 is 0 Å². The predicted octanol–water partition coefficient (Wildman–Crippen LogP) is 2.06. The third-order valence-corrected chi connectivity index (χ3v) is 3.64. The Morgan fingerprint density at radius 3 is 2.29 bits per heavy atom. The molecule has 17 heavy (non-hydrogen) atoms. The molecule has 0 radical (unpaired) electrons. The fourth-order valence-electron chi connectivity index (χ4n) is 2.26. The lowest BCUT2D eigenvalue weighted by atomic mass is 10.0. The van der Waals surface area contributed by atoms with Crippen molar-refractivity contribution < 1.29 is 5.11 Å². The van der Waals surface area contributed by atoms with Crippen LogP contribution in [0.4, 0.5) is 0 Å². The molecule has 1 heterocycles. The van der Waals surface area contributed by atoms with Crippen molar-refractivity contribution in [1.82, 2.24) is 9.80 Å². The van der Waals surface area contributed by atoms with E-state index in [0.29, 0.717) is 12.5 Å². The molecule has 0 saturated carbocycles. The van der Waals surface area contributed by atoms with E-state index in [0.717, 1.165) is 6.42 Å². The molecule has 1 saturated heterocycles. The Morgan fingerprint density at radius 1 is 1.06 bits per heavy atom. The van der Waals surface area contributed by atoms with E-state index in [2.05, 4.69) is 23.8 Å². The molecular formula is C14H32N2O. The third kappa shape index (κ3) is 7.74. The lowest BCUT2D eigenvalue weighted by Gasteiger charge is -2.32. The summed E-state index contributed by atoms with van der Waals surface area (Å²) in [5.74, 6) is 0.692. The lowest BCUT2D eigenvalue weighted by molar-refractivity contribution is 0.151. The van der Waals surface area contributed by atoms with E-state index in [1.807, 2.05) is 0 Å². The van der Waals surface area contributed by atoms with Crippen molar-refractivity contribution in [2.24, 2.45) is 5.92 Å². The molecule has 1 fully saturated rings. The third-order valence-electron chi connectivity index (χ3n) is 3.64. The number of hydrogen-bond acceptors (Lipinski definition) is 3. The smallest absolute Gasteiger partial charge is 0.0433 e. The first-order valence-electron chi connectivity index (χ1n) is 6.74. The van der Waals surface area contributed by atoms with Crippen LogP contribution in [0.25, 0.3) is 0 Å². The summed E-state index contributed by atoms with van der Waals surface area (Å²) in [5.41, 5.74) is 0. The largest absolute Gasteiger partial charge is 0.396 e. The number of likely N-dealkylation sites (N-methyl/N-ethyl adjacent to an activating group) is 1. The molecule has 0 amide bonds. The van der Waals surface area contributed by atoms with Crippen LogP contribution in [0.3, 0.4) is 0 Å². The number of nitrogens with zero attached hydrogens (tertiary/aromatic N) is 2. The van der Waals surface area contributed by atoms with E-state index < -0.39 is 0 Å². The Hall–Kier alpha value is -0.120. The van der Waals surface area contributed by atoms with Gasteiger partial charge in [0.25, 0.3) is 0 Å². The molecule has 0 aliphatic carbocycles. The zero-order valence-corrected chi connectivity index (χ0v) is 11.0. The minimum Gasteiger partial charge on any atom is -0.396 e. The van der Waals surface area contributed by atoms with Crippen molar-refractivity contribution >= 4 is 0 Å². The van der Waals surface area contributed by atoms with Gasteiger partial charge in [-0.1, -0.05) is 27.2 Å². The molecule has 0 aromatic heterocycles. The molecular weight excluding hydrogens is 212 g/mol. The van der Waals surface area contributed by atoms with Gasteiger partial charge in [0.05, 0.1) is 0 Å². The summed E-state index contributed by atoms with van der Waals surface area (Å²) in [4.78, 5) is 4.98. The van der Waals surface area contributed by atoms with Crippen LogP contribution in [0, 0.1) is 5.92 Å². The molecule has 1 atom stereocenters. The molecule has 0 aromatic carbocycles. The van der Waals surface area contributed by atoms with Gasteiger partial charge in [-0.15, -0.1) is 0 Å². The highest BCUT2D eigenvalue weighted by Crippen LogP contribution is 2.12. The second-order valence-electron chi connectivity index (χ2n) is 5.26. The van der Waals surface area contributed by atoms with Crippen molar-refractivity contribution in [3.05, 3.63) is 0 Å². The van der Waals surface area contributed by atoms with Crippen molar-refractivity contribution in [3.63, 3.8) is 0 Å². The number of aliphatic hydroxyl groups is 1. The summed E-state index contributed by atoms with van der Waals surface area (Å²) in [6.45, 7) is 8.78. The zero-order valence-electron chi connectivity index (χ0n) is 11.0. The Kier molecular flexibility index (Phi) is 9.79. The number of hydrogen-bond donors (Lipinski definition) is 1. The fourth-order valence-corrected chi connectivity index (χ4v) is 2.26. The highest BCUT2D eigenvalue weighted by Gasteiger charge is 2.12. The van der Waals surface area contributed by atoms with E-state index in [4.69, 9.17) is 5.11 Å². The first kappa shape index (κ1) is 16.9. The first-order valence-corrected chi connectivity index (χ1v) is 6.74. The second kappa shape index (κ2) is 9.86. The standard InChI is InChI=1S/C13H28N2O.CH4/c1-13(6-12-16)5-3-4-7-15-10-8-14(2)9-11-15;/h13,16H,3-12H2,1-2H3;1H4. The molecule has 0 spiro atoms. The molecule has 0 bridgehead atoms. The van der Waals surface area contributed by atoms with Crippen LogP contribution in [0.5, 0.6) is 0 Å². The molecule has 104 valence electrons. The van der Waals surface area contributed by atoms with E-state index >= 15 is 0 Å². The number of rotatable bonds is 7. The zero-order chi connectivity index (χ0) is 11.8. The summed E-state index contributed by atoms with van der Waals surface area (Å²) < 4.78 is 0. The Bertz CT molecular complexity index is 168. The maximum atomic E-state index is 8.81. The number of piperazine rings is 1. The summed E-state index contributed by atoms with van der Waals surface area (Å²) in [7, 11) is 2.20. The van der Waals surface area contributed by atoms with Gasteiger partial charge in [-0.25, -0.2) is 0 Å². The highest BCUT2D eigenvalue weighted by atomic mass is 16.3. The Labute approximate surface area is 108 Å². The molecule has 3 nitrogen and oxygen atoms in total. The van der Waals surface area contributed by atoms with Crippen LogP contribution >= 0.6 is 0 Å². The number of aliphatic hydroxyl groups excluding tert-OH is 1. The molecule has 1 aliphatic heterocycles. The summed E-state index contributed by atoms with van der Waals surface area (Å²) >= 11 is 0. The summed E-state index contributed by atoms with van der Waals surface area (Å²) in [5, 5.41) is 8.81. The van der Waals surface area contributed by atoms with Crippen LogP contribution in [0.1, 0.15) is 40.0 Å². The Morgan fingerprint density at radius 2 is 1.71 bits per heavy atom. The Balaban J connectivity index is 0.00000256. The summed E-state index contributed by atoms with van der Waals surface area (Å²) in [6, 6.07) is 0. The van der Waals surface area contributed by atoms with Gasteiger partial charge in [0, 0.05) is 32.8 Å². The SMILES string of the molecule is C.CC(CCO)CCCCN1CCN(C)CC1. The molecule has 1 aliphatic rings. The topological polar surface area (TPSA) is 26.7 Å². The fraction of sp³-hybridized carbons (Fsp3) is 1.00. The maximum absolute atomic E-state index is 8.81. The number of unbranched alkanes of at least 4 members (excludes halogenated alkanes) is 1. The van der Waals surface area contributed by atoms with E-state index in [-0.39, 0.29) is 7.43 Å². The second-order valence-corrected chi connectivity index (χ2v) is 5.26. The van der Waals surface area contributed by atoms with Gasteiger partial charge in [0.15, 0.2) is 0 Å². The monoisotopic (exact) mass is 244 g/mol.